The molecule has 0 aliphatic carbocycles. The summed E-state index contributed by atoms with van der Waals surface area (Å²) in [5.41, 5.74) is 1.81. The lowest BCUT2D eigenvalue weighted by Gasteiger charge is -2.23. The zero-order valence-corrected chi connectivity index (χ0v) is 11.4. The van der Waals surface area contributed by atoms with Crippen molar-refractivity contribution in [2.45, 2.75) is 52.4 Å². The molecule has 0 saturated carbocycles. The summed E-state index contributed by atoms with van der Waals surface area (Å²) in [5.74, 6) is 0.826. The van der Waals surface area contributed by atoms with Crippen LogP contribution in [-0.2, 0) is 10.8 Å². The van der Waals surface area contributed by atoms with Crippen molar-refractivity contribution in [3.63, 3.8) is 0 Å². The molecule has 0 fully saturated rings. The molecule has 16 heavy (non-hydrogen) atoms. The third-order valence-corrected chi connectivity index (χ3v) is 2.46. The highest BCUT2D eigenvalue weighted by Crippen LogP contribution is 2.31. The number of ether oxygens (including phenoxy) is 1. The molecule has 0 aliphatic heterocycles. The molecule has 0 N–H and O–H groups in total. The number of nitrogens with zero attached hydrogens (tertiary/aromatic N) is 2. The number of hydrogen-bond acceptors (Lipinski definition) is 3. The lowest BCUT2D eigenvalue weighted by atomic mass is 9.88. The zero-order chi connectivity index (χ0) is 12.6. The van der Waals surface area contributed by atoms with Crippen molar-refractivity contribution in [3.05, 3.63) is 17.5 Å². The molecule has 0 radical (unpaired) electrons. The van der Waals surface area contributed by atoms with Crippen molar-refractivity contribution < 1.29 is 4.74 Å². The fourth-order valence-corrected chi connectivity index (χ4v) is 1.42. The minimum atomic E-state index is -0.0469. The largest absolute Gasteiger partial charge is 0.495 e. The molecule has 0 saturated heterocycles. The molecule has 3 heteroatoms. The Bertz CT molecular complexity index is 372. The normalized spacial score (nSPS) is 12.7. The van der Waals surface area contributed by atoms with Crippen LogP contribution >= 0.6 is 0 Å². The first kappa shape index (κ1) is 12.9. The number of aromatic nitrogens is 2. The van der Waals surface area contributed by atoms with Crippen molar-refractivity contribution in [3.8, 4) is 5.75 Å². The van der Waals surface area contributed by atoms with Crippen LogP contribution in [0.1, 0.15) is 52.9 Å². The molecule has 1 aromatic heterocycles. The van der Waals surface area contributed by atoms with Gasteiger partial charge in [0.05, 0.1) is 12.8 Å². The summed E-state index contributed by atoms with van der Waals surface area (Å²) in [4.78, 5) is 0. The van der Waals surface area contributed by atoms with Crippen molar-refractivity contribution in [1.82, 2.24) is 10.2 Å². The Morgan fingerprint density at radius 1 is 0.938 bits per heavy atom. The predicted octanol–water partition coefficient (Wildman–Crippen LogP) is 3.08. The van der Waals surface area contributed by atoms with Gasteiger partial charge in [-0.15, -0.1) is 0 Å². The summed E-state index contributed by atoms with van der Waals surface area (Å²) in [6.07, 6.45) is 0. The minimum absolute atomic E-state index is 0.00328. The van der Waals surface area contributed by atoms with Crippen LogP contribution in [0, 0.1) is 0 Å². The smallest absolute Gasteiger partial charge is 0.144 e. The van der Waals surface area contributed by atoms with Gasteiger partial charge in [0, 0.05) is 16.9 Å². The van der Waals surface area contributed by atoms with Crippen LogP contribution in [0.5, 0.6) is 5.75 Å². The third kappa shape index (κ3) is 2.71. The predicted molar refractivity (Wildman–Crippen MR) is 66.0 cm³/mol. The van der Waals surface area contributed by atoms with E-state index in [2.05, 4.69) is 51.7 Å². The lowest BCUT2D eigenvalue weighted by Crippen LogP contribution is -2.20. The van der Waals surface area contributed by atoms with Gasteiger partial charge in [0.2, 0.25) is 0 Å². The van der Waals surface area contributed by atoms with Gasteiger partial charge in [-0.2, -0.15) is 10.2 Å². The van der Waals surface area contributed by atoms with Gasteiger partial charge in [0.15, 0.2) is 0 Å². The van der Waals surface area contributed by atoms with Gasteiger partial charge in [-0.05, 0) is 0 Å². The third-order valence-electron chi connectivity index (χ3n) is 2.46. The van der Waals surface area contributed by atoms with E-state index in [0.717, 1.165) is 17.1 Å². The second-order valence-electron chi connectivity index (χ2n) is 6.15. The molecule has 0 bridgehead atoms. The van der Waals surface area contributed by atoms with Crippen LogP contribution in [0.4, 0.5) is 0 Å². The maximum atomic E-state index is 5.41. The maximum absolute atomic E-state index is 5.41. The van der Waals surface area contributed by atoms with E-state index in [1.807, 2.05) is 6.07 Å². The minimum Gasteiger partial charge on any atom is -0.495 e. The van der Waals surface area contributed by atoms with E-state index in [9.17, 15) is 0 Å². The summed E-state index contributed by atoms with van der Waals surface area (Å²) >= 11 is 0. The molecule has 3 nitrogen and oxygen atoms in total. The highest BCUT2D eigenvalue weighted by Gasteiger charge is 2.24. The Kier molecular flexibility index (Phi) is 3.27. The molecule has 0 atom stereocenters. The lowest BCUT2D eigenvalue weighted by molar-refractivity contribution is 0.384. The van der Waals surface area contributed by atoms with E-state index < -0.39 is 0 Å². The molecule has 0 aliphatic rings. The van der Waals surface area contributed by atoms with E-state index in [0.29, 0.717) is 0 Å². The number of rotatable bonds is 1. The van der Waals surface area contributed by atoms with E-state index in [-0.39, 0.29) is 10.8 Å². The monoisotopic (exact) mass is 222 g/mol. The van der Waals surface area contributed by atoms with Crippen LogP contribution in [0.15, 0.2) is 6.07 Å². The Hall–Kier alpha value is -1.12. The molecular weight excluding hydrogens is 200 g/mol. The van der Waals surface area contributed by atoms with Gasteiger partial charge in [-0.25, -0.2) is 0 Å². The van der Waals surface area contributed by atoms with Gasteiger partial charge < -0.3 is 4.74 Å². The first-order chi connectivity index (χ1) is 7.16. The molecule has 0 amide bonds. The standard InChI is InChI=1S/C13H22N2O/c1-12(2,3)10-8-9(16-7)11(15-14-10)13(4,5)6/h8H,1-7H3. The van der Waals surface area contributed by atoms with Gasteiger partial charge >= 0.3 is 0 Å². The maximum Gasteiger partial charge on any atom is 0.144 e. The average molecular weight is 222 g/mol. The van der Waals surface area contributed by atoms with E-state index in [1.165, 1.54) is 0 Å². The quantitative estimate of drug-likeness (QED) is 0.732. The Morgan fingerprint density at radius 2 is 1.50 bits per heavy atom. The van der Waals surface area contributed by atoms with Crippen molar-refractivity contribution in [2.75, 3.05) is 7.11 Å². The highest BCUT2D eigenvalue weighted by atomic mass is 16.5. The second-order valence-corrected chi connectivity index (χ2v) is 6.15. The van der Waals surface area contributed by atoms with Crippen LogP contribution in [-0.4, -0.2) is 17.3 Å². The topological polar surface area (TPSA) is 35.0 Å². The summed E-state index contributed by atoms with van der Waals surface area (Å²) in [7, 11) is 1.68. The first-order valence-corrected chi connectivity index (χ1v) is 5.59. The molecule has 0 spiro atoms. The van der Waals surface area contributed by atoms with E-state index in [1.54, 1.807) is 7.11 Å². The summed E-state index contributed by atoms with van der Waals surface area (Å²) in [6.45, 7) is 12.7. The number of hydrogen-bond donors (Lipinski definition) is 0. The van der Waals surface area contributed by atoms with Gasteiger partial charge in [0.1, 0.15) is 11.4 Å². The van der Waals surface area contributed by atoms with Gasteiger partial charge in [-0.1, -0.05) is 41.5 Å². The summed E-state index contributed by atoms with van der Waals surface area (Å²) in [6, 6.07) is 1.99. The van der Waals surface area contributed by atoms with Gasteiger partial charge in [0.25, 0.3) is 0 Å². The summed E-state index contributed by atoms with van der Waals surface area (Å²) in [5, 5.41) is 8.61. The molecule has 1 rings (SSSR count). The fourth-order valence-electron chi connectivity index (χ4n) is 1.42. The van der Waals surface area contributed by atoms with E-state index >= 15 is 0 Å². The fraction of sp³-hybridized carbons (Fsp3) is 0.692. The average Bonchev–Trinajstić information content (AvgIpc) is 2.14. The number of methoxy groups -OCH3 is 1. The van der Waals surface area contributed by atoms with Gasteiger partial charge in [-0.3, -0.25) is 0 Å². The van der Waals surface area contributed by atoms with E-state index in [4.69, 9.17) is 4.74 Å². The molecule has 1 aromatic rings. The van der Waals surface area contributed by atoms with Crippen molar-refractivity contribution in [1.29, 1.82) is 0 Å². The molecule has 90 valence electrons. The summed E-state index contributed by atoms with van der Waals surface area (Å²) < 4.78 is 5.41. The Labute approximate surface area is 98.2 Å². The van der Waals surface area contributed by atoms with Crippen LogP contribution in [0.3, 0.4) is 0 Å². The first-order valence-electron chi connectivity index (χ1n) is 5.59. The molecule has 0 unspecified atom stereocenters. The second kappa shape index (κ2) is 4.04. The SMILES string of the molecule is COc1cc(C(C)(C)C)nnc1C(C)(C)C. The molecule has 1 heterocycles. The highest BCUT2D eigenvalue weighted by molar-refractivity contribution is 5.34. The Morgan fingerprint density at radius 3 is 1.88 bits per heavy atom. The van der Waals surface area contributed by atoms with Crippen LogP contribution in [0.2, 0.25) is 0 Å². The van der Waals surface area contributed by atoms with Crippen LogP contribution < -0.4 is 4.74 Å². The Balaban J connectivity index is 3.28. The van der Waals surface area contributed by atoms with Crippen LogP contribution in [0.25, 0.3) is 0 Å². The van der Waals surface area contributed by atoms with Crippen molar-refractivity contribution >= 4 is 0 Å². The molecular formula is C13H22N2O. The zero-order valence-electron chi connectivity index (χ0n) is 11.4. The van der Waals surface area contributed by atoms with Crippen molar-refractivity contribution in [2.24, 2.45) is 0 Å². The molecule has 0 aromatic carbocycles.